The maximum atomic E-state index is 5.90. The topological polar surface area (TPSA) is 68.8 Å². The maximum absolute atomic E-state index is 5.90. The number of benzene rings is 1. The Morgan fingerprint density at radius 1 is 1.18 bits per heavy atom. The molecule has 6 heteroatoms. The molecule has 0 spiro atoms. The van der Waals surface area contributed by atoms with Gasteiger partial charge in [-0.1, -0.05) is 12.1 Å². The summed E-state index contributed by atoms with van der Waals surface area (Å²) in [6.07, 6.45) is 5.26. The first kappa shape index (κ1) is 12.8. The van der Waals surface area contributed by atoms with E-state index < -0.39 is 0 Å². The van der Waals surface area contributed by atoms with Crippen molar-refractivity contribution in [2.75, 3.05) is 5.32 Å². The van der Waals surface area contributed by atoms with Crippen LogP contribution < -0.4 is 5.32 Å². The molecule has 0 aliphatic rings. The standard InChI is InChI=1S/C16H15N5O/c1-10(2)21-8-11(7-19-21)20-16-15-14(17-9-18-16)12-5-3-4-6-13(12)22-15/h3-10H,1-2H3,(H,17,18,20). The Balaban J connectivity index is 1.80. The van der Waals surface area contributed by atoms with E-state index in [1.54, 1.807) is 12.5 Å². The molecule has 1 N–H and O–H groups in total. The fourth-order valence-corrected chi connectivity index (χ4v) is 2.43. The normalized spacial score (nSPS) is 11.6. The van der Waals surface area contributed by atoms with Crippen molar-refractivity contribution < 1.29 is 4.42 Å². The number of hydrogen-bond donors (Lipinski definition) is 1. The molecule has 0 unspecified atom stereocenters. The third kappa shape index (κ3) is 2.00. The van der Waals surface area contributed by atoms with Crippen LogP contribution in [0.4, 0.5) is 11.5 Å². The smallest absolute Gasteiger partial charge is 0.196 e. The summed E-state index contributed by atoms with van der Waals surface area (Å²) in [6, 6.07) is 8.15. The van der Waals surface area contributed by atoms with Crippen LogP contribution in [0.1, 0.15) is 19.9 Å². The highest BCUT2D eigenvalue weighted by Crippen LogP contribution is 2.31. The summed E-state index contributed by atoms with van der Waals surface area (Å²) in [5.74, 6) is 0.643. The van der Waals surface area contributed by atoms with E-state index in [1.807, 2.05) is 35.1 Å². The molecule has 3 heterocycles. The van der Waals surface area contributed by atoms with Crippen molar-refractivity contribution in [2.24, 2.45) is 0 Å². The van der Waals surface area contributed by atoms with Crippen LogP contribution in [0.2, 0.25) is 0 Å². The van der Waals surface area contributed by atoms with Gasteiger partial charge in [-0.3, -0.25) is 4.68 Å². The average Bonchev–Trinajstić information content (AvgIpc) is 3.12. The van der Waals surface area contributed by atoms with E-state index in [0.29, 0.717) is 17.4 Å². The van der Waals surface area contributed by atoms with E-state index >= 15 is 0 Å². The first-order valence-corrected chi connectivity index (χ1v) is 7.16. The zero-order chi connectivity index (χ0) is 15.1. The summed E-state index contributed by atoms with van der Waals surface area (Å²) in [5.41, 5.74) is 3.14. The third-order valence-corrected chi connectivity index (χ3v) is 3.55. The molecular formula is C16H15N5O. The van der Waals surface area contributed by atoms with Crippen molar-refractivity contribution in [1.29, 1.82) is 0 Å². The minimum atomic E-state index is 0.312. The molecule has 3 aromatic heterocycles. The summed E-state index contributed by atoms with van der Waals surface area (Å²) in [5, 5.41) is 8.56. The highest BCUT2D eigenvalue weighted by molar-refractivity contribution is 6.05. The second-order valence-corrected chi connectivity index (χ2v) is 5.43. The molecule has 0 fully saturated rings. The lowest BCUT2D eigenvalue weighted by molar-refractivity contribution is 0.532. The van der Waals surface area contributed by atoms with E-state index in [4.69, 9.17) is 4.42 Å². The molecule has 4 rings (SSSR count). The predicted octanol–water partition coefficient (Wildman–Crippen LogP) is 3.90. The molecule has 0 radical (unpaired) electrons. The Morgan fingerprint density at radius 2 is 2.05 bits per heavy atom. The van der Waals surface area contributed by atoms with Crippen LogP contribution >= 0.6 is 0 Å². The van der Waals surface area contributed by atoms with Crippen LogP contribution in [0.25, 0.3) is 22.1 Å². The van der Waals surface area contributed by atoms with Crippen LogP contribution in [0.5, 0.6) is 0 Å². The lowest BCUT2D eigenvalue weighted by Crippen LogP contribution is -2.00. The zero-order valence-corrected chi connectivity index (χ0v) is 12.3. The van der Waals surface area contributed by atoms with Crippen molar-refractivity contribution in [3.05, 3.63) is 43.0 Å². The number of anilines is 2. The van der Waals surface area contributed by atoms with Crippen molar-refractivity contribution in [2.45, 2.75) is 19.9 Å². The summed E-state index contributed by atoms with van der Waals surface area (Å²) in [7, 11) is 0. The molecule has 110 valence electrons. The number of furan rings is 1. The van der Waals surface area contributed by atoms with Gasteiger partial charge in [0.25, 0.3) is 0 Å². The van der Waals surface area contributed by atoms with Gasteiger partial charge in [0.05, 0.1) is 11.9 Å². The fourth-order valence-electron chi connectivity index (χ4n) is 2.43. The Morgan fingerprint density at radius 3 is 2.86 bits per heavy atom. The molecule has 6 nitrogen and oxygen atoms in total. The molecule has 0 aliphatic heterocycles. The molecule has 4 aromatic rings. The molecule has 22 heavy (non-hydrogen) atoms. The number of fused-ring (bicyclic) bond motifs is 3. The Labute approximate surface area is 126 Å². The highest BCUT2D eigenvalue weighted by Gasteiger charge is 2.13. The summed E-state index contributed by atoms with van der Waals surface area (Å²) in [6.45, 7) is 4.16. The molecular weight excluding hydrogens is 278 g/mol. The number of rotatable bonds is 3. The number of hydrogen-bond acceptors (Lipinski definition) is 5. The van der Waals surface area contributed by atoms with E-state index in [9.17, 15) is 0 Å². The van der Waals surface area contributed by atoms with Crippen molar-refractivity contribution in [3.8, 4) is 0 Å². The first-order valence-electron chi connectivity index (χ1n) is 7.16. The number of nitrogens with zero attached hydrogens (tertiary/aromatic N) is 4. The van der Waals surface area contributed by atoms with Crippen LogP contribution in [-0.4, -0.2) is 19.7 Å². The van der Waals surface area contributed by atoms with Crippen LogP contribution in [0.15, 0.2) is 47.4 Å². The maximum Gasteiger partial charge on any atom is 0.196 e. The second-order valence-electron chi connectivity index (χ2n) is 5.43. The molecule has 1 aromatic carbocycles. The van der Waals surface area contributed by atoms with Gasteiger partial charge in [0.1, 0.15) is 17.4 Å². The number of nitrogens with one attached hydrogen (secondary N) is 1. The largest absolute Gasteiger partial charge is 0.450 e. The zero-order valence-electron chi connectivity index (χ0n) is 12.3. The van der Waals surface area contributed by atoms with Gasteiger partial charge in [0, 0.05) is 17.6 Å². The van der Waals surface area contributed by atoms with Gasteiger partial charge >= 0.3 is 0 Å². The minimum absolute atomic E-state index is 0.312. The van der Waals surface area contributed by atoms with Gasteiger partial charge in [0.15, 0.2) is 11.4 Å². The molecule has 0 bridgehead atoms. The van der Waals surface area contributed by atoms with Gasteiger partial charge in [-0.25, -0.2) is 9.97 Å². The van der Waals surface area contributed by atoms with E-state index in [-0.39, 0.29) is 0 Å². The van der Waals surface area contributed by atoms with Crippen LogP contribution in [0.3, 0.4) is 0 Å². The fraction of sp³-hybridized carbons (Fsp3) is 0.188. The van der Waals surface area contributed by atoms with Crippen LogP contribution in [0, 0.1) is 0 Å². The van der Waals surface area contributed by atoms with E-state index in [2.05, 4.69) is 34.2 Å². The Bertz CT molecular complexity index is 953. The SMILES string of the molecule is CC(C)n1cc(Nc2ncnc3c2oc2ccccc23)cn1. The molecule has 0 saturated carbocycles. The molecule has 0 atom stereocenters. The average molecular weight is 293 g/mol. The quantitative estimate of drug-likeness (QED) is 0.620. The van der Waals surface area contributed by atoms with Gasteiger partial charge < -0.3 is 9.73 Å². The predicted molar refractivity (Wildman–Crippen MR) is 85.2 cm³/mol. The minimum Gasteiger partial charge on any atom is -0.450 e. The Kier molecular flexibility index (Phi) is 2.82. The lowest BCUT2D eigenvalue weighted by Gasteiger charge is -2.04. The van der Waals surface area contributed by atoms with Crippen LogP contribution in [-0.2, 0) is 0 Å². The van der Waals surface area contributed by atoms with E-state index in [0.717, 1.165) is 22.2 Å². The highest BCUT2D eigenvalue weighted by atomic mass is 16.3. The number of aromatic nitrogens is 4. The van der Waals surface area contributed by atoms with E-state index in [1.165, 1.54) is 0 Å². The van der Waals surface area contributed by atoms with Crippen molar-refractivity contribution in [3.63, 3.8) is 0 Å². The first-order chi connectivity index (χ1) is 10.7. The van der Waals surface area contributed by atoms with Gasteiger partial charge in [-0.2, -0.15) is 5.10 Å². The van der Waals surface area contributed by atoms with Crippen molar-refractivity contribution >= 4 is 33.6 Å². The number of para-hydroxylation sites is 1. The molecule has 0 aliphatic carbocycles. The Hall–Kier alpha value is -2.89. The third-order valence-electron chi connectivity index (χ3n) is 3.55. The lowest BCUT2D eigenvalue weighted by atomic mass is 10.2. The molecule has 0 amide bonds. The summed E-state index contributed by atoms with van der Waals surface area (Å²) < 4.78 is 7.78. The van der Waals surface area contributed by atoms with Crippen molar-refractivity contribution in [1.82, 2.24) is 19.7 Å². The summed E-state index contributed by atoms with van der Waals surface area (Å²) in [4.78, 5) is 8.64. The van der Waals surface area contributed by atoms with Gasteiger partial charge in [-0.15, -0.1) is 0 Å². The molecule has 0 saturated heterocycles. The second kappa shape index (κ2) is 4.84. The monoisotopic (exact) mass is 293 g/mol. The van der Waals surface area contributed by atoms with Gasteiger partial charge in [-0.05, 0) is 26.0 Å². The summed E-state index contributed by atoms with van der Waals surface area (Å²) >= 11 is 0. The van der Waals surface area contributed by atoms with Gasteiger partial charge in [0.2, 0.25) is 0 Å².